The second-order valence-electron chi connectivity index (χ2n) is 3.39. The van der Waals surface area contributed by atoms with Gasteiger partial charge in [0.2, 0.25) is 0 Å². The summed E-state index contributed by atoms with van der Waals surface area (Å²) in [5.74, 6) is 0.637. The van der Waals surface area contributed by atoms with Gasteiger partial charge in [-0.2, -0.15) is 0 Å². The third-order valence-corrected chi connectivity index (χ3v) is 2.76. The standard InChI is InChI=1S/C9H10O3/c10-4-7-1-6-2-8(7)9(3-6)12-5-11/h1,4-6,8-9H,2-3H2. The molecule has 0 aromatic carbocycles. The number of fused-ring (bicyclic) bond motifs is 2. The molecular formula is C9H10O3. The van der Waals surface area contributed by atoms with E-state index in [1.54, 1.807) is 0 Å². The molecule has 0 aliphatic heterocycles. The maximum atomic E-state index is 10.5. The van der Waals surface area contributed by atoms with Gasteiger partial charge in [0.1, 0.15) is 12.4 Å². The molecule has 0 amide bonds. The van der Waals surface area contributed by atoms with Gasteiger partial charge in [-0.3, -0.25) is 9.59 Å². The molecule has 3 heteroatoms. The van der Waals surface area contributed by atoms with Crippen molar-refractivity contribution >= 4 is 12.8 Å². The summed E-state index contributed by atoms with van der Waals surface area (Å²) in [5.41, 5.74) is 0.818. The summed E-state index contributed by atoms with van der Waals surface area (Å²) in [6.07, 6.45) is 4.71. The van der Waals surface area contributed by atoms with Crippen molar-refractivity contribution in [3.05, 3.63) is 11.6 Å². The van der Waals surface area contributed by atoms with E-state index in [0.29, 0.717) is 12.4 Å². The number of rotatable bonds is 3. The highest BCUT2D eigenvalue weighted by Gasteiger charge is 2.41. The van der Waals surface area contributed by atoms with E-state index >= 15 is 0 Å². The molecule has 1 fully saturated rings. The SMILES string of the molecule is O=COC1CC2C=C(C=O)C1C2. The molecule has 0 saturated heterocycles. The molecule has 0 spiro atoms. The van der Waals surface area contributed by atoms with Crippen LogP contribution in [0.15, 0.2) is 11.6 Å². The fourth-order valence-corrected chi connectivity index (χ4v) is 2.27. The van der Waals surface area contributed by atoms with Crippen LogP contribution in [0.4, 0.5) is 0 Å². The van der Waals surface area contributed by atoms with E-state index in [-0.39, 0.29) is 12.0 Å². The number of ether oxygens (including phenoxy) is 1. The molecule has 2 aliphatic carbocycles. The molecule has 0 radical (unpaired) electrons. The van der Waals surface area contributed by atoms with E-state index in [1.165, 1.54) is 0 Å². The molecule has 2 rings (SSSR count). The van der Waals surface area contributed by atoms with Crippen LogP contribution in [0.1, 0.15) is 12.8 Å². The van der Waals surface area contributed by atoms with E-state index in [9.17, 15) is 9.59 Å². The number of hydrogen-bond acceptors (Lipinski definition) is 3. The monoisotopic (exact) mass is 166 g/mol. The van der Waals surface area contributed by atoms with Crippen LogP contribution in [0.2, 0.25) is 0 Å². The molecule has 3 atom stereocenters. The van der Waals surface area contributed by atoms with Gasteiger partial charge in [0, 0.05) is 5.92 Å². The predicted molar refractivity (Wildman–Crippen MR) is 41.3 cm³/mol. The molecule has 2 aliphatic rings. The second kappa shape index (κ2) is 2.73. The molecule has 2 bridgehead atoms. The normalized spacial score (nSPS) is 37.7. The fourth-order valence-electron chi connectivity index (χ4n) is 2.27. The van der Waals surface area contributed by atoms with Crippen molar-refractivity contribution in [2.75, 3.05) is 0 Å². The third-order valence-electron chi connectivity index (χ3n) is 2.76. The highest BCUT2D eigenvalue weighted by molar-refractivity contribution is 5.75. The van der Waals surface area contributed by atoms with Crippen LogP contribution >= 0.6 is 0 Å². The Morgan fingerprint density at radius 1 is 1.42 bits per heavy atom. The van der Waals surface area contributed by atoms with Gasteiger partial charge in [0.15, 0.2) is 0 Å². The minimum absolute atomic E-state index is 0.0438. The van der Waals surface area contributed by atoms with Crippen LogP contribution in [-0.2, 0) is 14.3 Å². The summed E-state index contributed by atoms with van der Waals surface area (Å²) in [7, 11) is 0. The average Bonchev–Trinajstić information content (AvgIpc) is 2.62. The van der Waals surface area contributed by atoms with Gasteiger partial charge >= 0.3 is 0 Å². The van der Waals surface area contributed by atoms with Crippen molar-refractivity contribution in [2.24, 2.45) is 11.8 Å². The molecular weight excluding hydrogens is 156 g/mol. The molecule has 3 unspecified atom stereocenters. The smallest absolute Gasteiger partial charge is 0.293 e. The third kappa shape index (κ3) is 0.967. The summed E-state index contributed by atoms with van der Waals surface area (Å²) >= 11 is 0. The topological polar surface area (TPSA) is 43.4 Å². The van der Waals surface area contributed by atoms with Crippen molar-refractivity contribution in [1.29, 1.82) is 0 Å². The van der Waals surface area contributed by atoms with E-state index in [0.717, 1.165) is 24.7 Å². The van der Waals surface area contributed by atoms with Crippen molar-refractivity contribution in [3.8, 4) is 0 Å². The van der Waals surface area contributed by atoms with E-state index in [1.807, 2.05) is 6.08 Å². The number of allylic oxidation sites excluding steroid dienone is 1. The molecule has 0 aromatic rings. The second-order valence-corrected chi connectivity index (χ2v) is 3.39. The maximum absolute atomic E-state index is 10.5. The van der Waals surface area contributed by atoms with Gasteiger partial charge in [0.25, 0.3) is 6.47 Å². The first kappa shape index (κ1) is 7.53. The molecule has 1 saturated carbocycles. The Hall–Kier alpha value is -1.12. The van der Waals surface area contributed by atoms with Crippen molar-refractivity contribution in [1.82, 2.24) is 0 Å². The number of aldehydes is 1. The van der Waals surface area contributed by atoms with Gasteiger partial charge in [-0.25, -0.2) is 0 Å². The lowest BCUT2D eigenvalue weighted by Crippen LogP contribution is -2.21. The van der Waals surface area contributed by atoms with Crippen molar-refractivity contribution in [3.63, 3.8) is 0 Å². The Labute approximate surface area is 70.4 Å². The lowest BCUT2D eigenvalue weighted by molar-refractivity contribution is -0.135. The van der Waals surface area contributed by atoms with Gasteiger partial charge in [0.05, 0.1) is 0 Å². The summed E-state index contributed by atoms with van der Waals surface area (Å²) in [5, 5.41) is 0. The zero-order valence-corrected chi connectivity index (χ0v) is 6.60. The Morgan fingerprint density at radius 2 is 2.25 bits per heavy atom. The minimum atomic E-state index is -0.0438. The van der Waals surface area contributed by atoms with E-state index < -0.39 is 0 Å². The molecule has 64 valence electrons. The van der Waals surface area contributed by atoms with Gasteiger partial charge < -0.3 is 4.74 Å². The van der Waals surface area contributed by atoms with Gasteiger partial charge in [-0.15, -0.1) is 0 Å². The van der Waals surface area contributed by atoms with Crippen LogP contribution in [0, 0.1) is 11.8 Å². The molecule has 0 aromatic heterocycles. The molecule has 3 nitrogen and oxygen atoms in total. The number of carbonyl (C=O) groups excluding carboxylic acids is 2. The first-order valence-corrected chi connectivity index (χ1v) is 4.11. The highest BCUT2D eigenvalue weighted by Crippen LogP contribution is 2.44. The van der Waals surface area contributed by atoms with Crippen LogP contribution in [0.25, 0.3) is 0 Å². The zero-order chi connectivity index (χ0) is 8.55. The summed E-state index contributed by atoms with van der Waals surface area (Å²) in [6.45, 7) is 0.480. The first-order valence-electron chi connectivity index (χ1n) is 4.11. The largest absolute Gasteiger partial charge is 0.464 e. The number of carbonyl (C=O) groups is 2. The van der Waals surface area contributed by atoms with E-state index in [2.05, 4.69) is 0 Å². The average molecular weight is 166 g/mol. The molecule has 0 heterocycles. The summed E-state index contributed by atoms with van der Waals surface area (Å²) in [6, 6.07) is 0. The lowest BCUT2D eigenvalue weighted by Gasteiger charge is -2.18. The quantitative estimate of drug-likeness (QED) is 0.579. The Kier molecular flexibility index (Phi) is 1.71. The Bertz CT molecular complexity index is 244. The number of hydrogen-bond donors (Lipinski definition) is 0. The molecule has 12 heavy (non-hydrogen) atoms. The summed E-state index contributed by atoms with van der Waals surface area (Å²) in [4.78, 5) is 20.6. The Balaban J connectivity index is 2.12. The lowest BCUT2D eigenvalue weighted by atomic mass is 9.97. The van der Waals surface area contributed by atoms with Crippen molar-refractivity contribution < 1.29 is 14.3 Å². The predicted octanol–water partition coefficient (Wildman–Crippen LogP) is 0.693. The zero-order valence-electron chi connectivity index (χ0n) is 6.60. The maximum Gasteiger partial charge on any atom is 0.293 e. The van der Waals surface area contributed by atoms with Crippen molar-refractivity contribution in [2.45, 2.75) is 18.9 Å². The van der Waals surface area contributed by atoms with E-state index in [4.69, 9.17) is 4.74 Å². The van der Waals surface area contributed by atoms with Gasteiger partial charge in [-0.1, -0.05) is 6.08 Å². The van der Waals surface area contributed by atoms with Crippen LogP contribution in [0.5, 0.6) is 0 Å². The van der Waals surface area contributed by atoms with Crippen LogP contribution in [0.3, 0.4) is 0 Å². The minimum Gasteiger partial charge on any atom is -0.464 e. The van der Waals surface area contributed by atoms with Crippen LogP contribution in [-0.4, -0.2) is 18.9 Å². The van der Waals surface area contributed by atoms with Crippen LogP contribution < -0.4 is 0 Å². The highest BCUT2D eigenvalue weighted by atomic mass is 16.5. The van der Waals surface area contributed by atoms with Gasteiger partial charge in [-0.05, 0) is 24.3 Å². The fraction of sp³-hybridized carbons (Fsp3) is 0.556. The Morgan fingerprint density at radius 3 is 2.83 bits per heavy atom. The first-order chi connectivity index (χ1) is 5.85. The molecule has 0 N–H and O–H groups in total. The summed E-state index contributed by atoms with van der Waals surface area (Å²) < 4.78 is 4.89.